The van der Waals surface area contributed by atoms with Gasteiger partial charge >= 0.3 is 5.97 Å². The first-order valence-corrected chi connectivity index (χ1v) is 6.43. The summed E-state index contributed by atoms with van der Waals surface area (Å²) in [7, 11) is 0. The molecule has 0 amide bonds. The van der Waals surface area contributed by atoms with Crippen molar-refractivity contribution in [3.63, 3.8) is 0 Å². The molecule has 0 aliphatic rings. The van der Waals surface area contributed by atoms with Crippen molar-refractivity contribution in [1.29, 1.82) is 0 Å². The van der Waals surface area contributed by atoms with Crippen molar-refractivity contribution in [2.45, 2.75) is 24.5 Å². The molecule has 0 atom stereocenters. The topological polar surface area (TPSA) is 63.3 Å². The van der Waals surface area contributed by atoms with E-state index in [1.807, 2.05) is 6.07 Å². The maximum atomic E-state index is 10.9. The van der Waals surface area contributed by atoms with Crippen LogP contribution in [0.1, 0.15) is 27.2 Å². The fourth-order valence-electron chi connectivity index (χ4n) is 1.50. The van der Waals surface area contributed by atoms with Gasteiger partial charge in [0.1, 0.15) is 5.56 Å². The van der Waals surface area contributed by atoms with Crippen LogP contribution in [0, 0.1) is 13.8 Å². The fourth-order valence-corrected chi connectivity index (χ4v) is 2.43. The predicted octanol–water partition coefficient (Wildman–Crippen LogP) is 3.28. The minimum Gasteiger partial charge on any atom is -0.478 e. The molecule has 2 aromatic rings. The van der Waals surface area contributed by atoms with Gasteiger partial charge in [-0.15, -0.1) is 11.8 Å². The maximum absolute atomic E-state index is 10.9. The van der Waals surface area contributed by atoms with E-state index in [4.69, 9.17) is 9.63 Å². The van der Waals surface area contributed by atoms with Crippen molar-refractivity contribution in [3.8, 4) is 0 Å². The number of carbonyl (C=O) groups is 1. The van der Waals surface area contributed by atoms with Crippen molar-refractivity contribution >= 4 is 17.7 Å². The Labute approximate surface area is 109 Å². The molecule has 1 aromatic heterocycles. The predicted molar refractivity (Wildman–Crippen MR) is 68.9 cm³/mol. The molecular formula is C13H13NO3S. The highest BCUT2D eigenvalue weighted by molar-refractivity contribution is 7.98. The minimum atomic E-state index is -1.01. The number of hydrogen-bond acceptors (Lipinski definition) is 4. The lowest BCUT2D eigenvalue weighted by atomic mass is 10.1. The van der Waals surface area contributed by atoms with Crippen molar-refractivity contribution in [2.24, 2.45) is 0 Å². The molecule has 1 heterocycles. The summed E-state index contributed by atoms with van der Waals surface area (Å²) >= 11 is 1.54. The Morgan fingerprint density at radius 2 is 2.17 bits per heavy atom. The lowest BCUT2D eigenvalue weighted by Gasteiger charge is -2.04. The van der Waals surface area contributed by atoms with Crippen LogP contribution >= 0.6 is 11.8 Å². The molecular weight excluding hydrogens is 250 g/mol. The van der Waals surface area contributed by atoms with E-state index >= 15 is 0 Å². The molecule has 0 aliphatic heterocycles. The van der Waals surface area contributed by atoms with E-state index in [9.17, 15) is 4.79 Å². The van der Waals surface area contributed by atoms with E-state index in [2.05, 4.69) is 31.1 Å². The monoisotopic (exact) mass is 263 g/mol. The molecule has 5 heteroatoms. The second-order valence-electron chi connectivity index (χ2n) is 4.00. The minimum absolute atomic E-state index is 0.131. The smallest absolute Gasteiger partial charge is 0.341 e. The summed E-state index contributed by atoms with van der Waals surface area (Å²) in [6.07, 6.45) is 1.23. The number of nitrogens with zero attached hydrogens (tertiary/aromatic N) is 1. The number of carboxylic acids is 1. The average Bonchev–Trinajstić information content (AvgIpc) is 2.79. The van der Waals surface area contributed by atoms with Crippen molar-refractivity contribution in [3.05, 3.63) is 46.8 Å². The largest absolute Gasteiger partial charge is 0.478 e. The van der Waals surface area contributed by atoms with Crippen molar-refractivity contribution in [1.82, 2.24) is 5.16 Å². The number of rotatable bonds is 4. The van der Waals surface area contributed by atoms with Gasteiger partial charge < -0.3 is 9.63 Å². The highest BCUT2D eigenvalue weighted by Crippen LogP contribution is 2.26. The highest BCUT2D eigenvalue weighted by Gasteiger charge is 2.15. The SMILES string of the molecule is Cc1ccc(SCc2oncc2C(=O)O)cc1C. The van der Waals surface area contributed by atoms with Gasteiger partial charge in [0.2, 0.25) is 0 Å². The third-order valence-corrected chi connectivity index (χ3v) is 3.72. The number of aromatic carboxylic acids is 1. The van der Waals surface area contributed by atoms with Crippen LogP contribution in [0.15, 0.2) is 33.8 Å². The molecule has 0 radical (unpaired) electrons. The highest BCUT2D eigenvalue weighted by atomic mass is 32.2. The Kier molecular flexibility index (Phi) is 3.72. The van der Waals surface area contributed by atoms with Gasteiger partial charge in [0.05, 0.1) is 11.9 Å². The molecule has 0 unspecified atom stereocenters. The second kappa shape index (κ2) is 5.27. The zero-order chi connectivity index (χ0) is 13.1. The Balaban J connectivity index is 2.09. The summed E-state index contributed by atoms with van der Waals surface area (Å²) in [5, 5.41) is 12.4. The van der Waals surface area contributed by atoms with E-state index in [1.165, 1.54) is 29.1 Å². The first-order valence-electron chi connectivity index (χ1n) is 5.45. The summed E-state index contributed by atoms with van der Waals surface area (Å²) in [5.41, 5.74) is 2.59. The summed E-state index contributed by atoms with van der Waals surface area (Å²) in [6, 6.07) is 6.15. The third kappa shape index (κ3) is 2.73. The van der Waals surface area contributed by atoms with Crippen LogP contribution < -0.4 is 0 Å². The first kappa shape index (κ1) is 12.7. The molecule has 1 N–H and O–H groups in total. The Morgan fingerprint density at radius 1 is 1.39 bits per heavy atom. The molecule has 2 rings (SSSR count). The van der Waals surface area contributed by atoms with Crippen LogP contribution in [0.4, 0.5) is 0 Å². The second-order valence-corrected chi connectivity index (χ2v) is 5.05. The van der Waals surface area contributed by atoms with E-state index in [-0.39, 0.29) is 5.56 Å². The van der Waals surface area contributed by atoms with Gasteiger partial charge in [0.25, 0.3) is 0 Å². The van der Waals surface area contributed by atoms with Gasteiger partial charge in [0.15, 0.2) is 5.76 Å². The van der Waals surface area contributed by atoms with Crippen molar-refractivity contribution in [2.75, 3.05) is 0 Å². The summed E-state index contributed by atoms with van der Waals surface area (Å²) in [4.78, 5) is 12.0. The van der Waals surface area contributed by atoms with Crippen molar-refractivity contribution < 1.29 is 14.4 Å². The van der Waals surface area contributed by atoms with E-state index in [1.54, 1.807) is 0 Å². The van der Waals surface area contributed by atoms with Gasteiger partial charge in [0, 0.05) is 4.90 Å². The standard InChI is InChI=1S/C13H13NO3S/c1-8-3-4-10(5-9(8)2)18-7-12-11(13(15)16)6-14-17-12/h3-6H,7H2,1-2H3,(H,15,16). The number of aromatic nitrogens is 1. The fraction of sp³-hybridized carbons (Fsp3) is 0.231. The zero-order valence-corrected chi connectivity index (χ0v) is 11.0. The Morgan fingerprint density at radius 3 is 2.83 bits per heavy atom. The molecule has 0 bridgehead atoms. The number of benzene rings is 1. The number of thioether (sulfide) groups is 1. The normalized spacial score (nSPS) is 10.6. The Bertz CT molecular complexity index is 577. The third-order valence-electron chi connectivity index (χ3n) is 2.72. The average molecular weight is 263 g/mol. The maximum Gasteiger partial charge on any atom is 0.341 e. The van der Waals surface area contributed by atoms with Crippen LogP contribution in [0.2, 0.25) is 0 Å². The molecule has 0 fully saturated rings. The van der Waals surface area contributed by atoms with Crippen LogP contribution in [-0.4, -0.2) is 16.2 Å². The molecule has 1 aromatic carbocycles. The van der Waals surface area contributed by atoms with Crippen LogP contribution in [-0.2, 0) is 5.75 Å². The van der Waals surface area contributed by atoms with Crippen LogP contribution in [0.5, 0.6) is 0 Å². The van der Waals surface area contributed by atoms with Gasteiger partial charge in [-0.3, -0.25) is 0 Å². The van der Waals surface area contributed by atoms with Gasteiger partial charge in [-0.25, -0.2) is 4.79 Å². The van der Waals surface area contributed by atoms with Crippen LogP contribution in [0.3, 0.4) is 0 Å². The van der Waals surface area contributed by atoms with Gasteiger partial charge in [-0.2, -0.15) is 0 Å². The van der Waals surface area contributed by atoms with Crippen LogP contribution in [0.25, 0.3) is 0 Å². The lowest BCUT2D eigenvalue weighted by Crippen LogP contribution is -1.97. The first-order chi connectivity index (χ1) is 8.58. The molecule has 4 nitrogen and oxygen atoms in total. The summed E-state index contributed by atoms with van der Waals surface area (Å²) in [5.74, 6) is -0.151. The molecule has 0 saturated carbocycles. The molecule has 94 valence electrons. The molecule has 0 spiro atoms. The van der Waals surface area contributed by atoms with Gasteiger partial charge in [-0.05, 0) is 37.1 Å². The van der Waals surface area contributed by atoms with E-state index in [0.717, 1.165) is 4.90 Å². The molecule has 18 heavy (non-hydrogen) atoms. The van der Waals surface area contributed by atoms with E-state index in [0.29, 0.717) is 11.5 Å². The quantitative estimate of drug-likeness (QED) is 0.857. The molecule has 0 aliphatic carbocycles. The summed E-state index contributed by atoms with van der Waals surface area (Å²) < 4.78 is 4.95. The van der Waals surface area contributed by atoms with Gasteiger partial charge in [-0.1, -0.05) is 11.2 Å². The number of carboxylic acid groups (broad SMARTS) is 1. The zero-order valence-electron chi connectivity index (χ0n) is 10.1. The number of aryl methyl sites for hydroxylation is 2. The van der Waals surface area contributed by atoms with E-state index < -0.39 is 5.97 Å². The molecule has 0 saturated heterocycles. The Hall–Kier alpha value is -1.75. The lowest BCUT2D eigenvalue weighted by molar-refractivity contribution is 0.0695. The summed E-state index contributed by atoms with van der Waals surface area (Å²) in [6.45, 7) is 4.11. The number of hydrogen-bond donors (Lipinski definition) is 1.